The van der Waals surface area contributed by atoms with E-state index >= 15 is 0 Å². The Kier molecular flexibility index (Phi) is 5.77. The van der Waals surface area contributed by atoms with Crippen LogP contribution in [0.15, 0.2) is 66.2 Å². The average molecular weight is 432 g/mol. The zero-order valence-corrected chi connectivity index (χ0v) is 19.2. The van der Waals surface area contributed by atoms with Crippen molar-refractivity contribution in [3.63, 3.8) is 0 Å². The van der Waals surface area contributed by atoms with Crippen molar-refractivity contribution >= 4 is 27.9 Å². The first-order valence-electron chi connectivity index (χ1n) is 11.4. The predicted octanol–water partition coefficient (Wildman–Crippen LogP) is 7.21. The van der Waals surface area contributed by atoms with E-state index in [1.54, 1.807) is 11.1 Å². The van der Waals surface area contributed by atoms with Gasteiger partial charge in [0.25, 0.3) is 0 Å². The van der Waals surface area contributed by atoms with Crippen LogP contribution in [0.25, 0.3) is 16.3 Å². The maximum Gasteiger partial charge on any atom is 0.120 e. The lowest BCUT2D eigenvalue weighted by Crippen LogP contribution is -2.31. The van der Waals surface area contributed by atoms with Gasteiger partial charge in [-0.05, 0) is 115 Å². The normalized spacial score (nSPS) is 20.6. The number of fused-ring (bicyclic) bond motifs is 3. The molecule has 0 saturated heterocycles. The number of halogens is 1. The largest absolute Gasteiger partial charge is 0.489 e. The van der Waals surface area contributed by atoms with Gasteiger partial charge in [0, 0.05) is 11.6 Å². The Hall–Kier alpha value is -2.29. The van der Waals surface area contributed by atoms with Crippen LogP contribution in [0.3, 0.4) is 0 Å². The zero-order valence-electron chi connectivity index (χ0n) is 18.4. The van der Waals surface area contributed by atoms with Crippen molar-refractivity contribution < 1.29 is 4.74 Å². The van der Waals surface area contributed by atoms with Gasteiger partial charge in [-0.25, -0.2) is 0 Å². The lowest BCUT2D eigenvalue weighted by atomic mass is 9.65. The summed E-state index contributed by atoms with van der Waals surface area (Å²) in [5.41, 5.74) is 5.83. The van der Waals surface area contributed by atoms with Crippen LogP contribution in [0.1, 0.15) is 36.8 Å². The minimum Gasteiger partial charge on any atom is -0.489 e. The lowest BCUT2D eigenvalue weighted by Gasteiger charge is -2.41. The van der Waals surface area contributed by atoms with Crippen LogP contribution in [0.4, 0.5) is 0 Å². The highest BCUT2D eigenvalue weighted by Gasteiger charge is 2.35. The first kappa shape index (κ1) is 20.6. The fourth-order valence-electron chi connectivity index (χ4n) is 5.46. The molecule has 0 spiro atoms. The maximum atomic E-state index is 6.08. The van der Waals surface area contributed by atoms with Crippen molar-refractivity contribution in [1.82, 2.24) is 4.90 Å². The van der Waals surface area contributed by atoms with Gasteiger partial charge in [-0.1, -0.05) is 41.9 Å². The van der Waals surface area contributed by atoms with Crippen molar-refractivity contribution in [2.45, 2.75) is 32.3 Å². The van der Waals surface area contributed by atoms with Crippen LogP contribution in [0.5, 0.6) is 5.75 Å². The van der Waals surface area contributed by atoms with E-state index in [-0.39, 0.29) is 0 Å². The fourth-order valence-corrected chi connectivity index (χ4v) is 5.68. The lowest BCUT2D eigenvalue weighted by molar-refractivity contribution is 0.299. The monoisotopic (exact) mass is 431 g/mol. The second-order valence-electron chi connectivity index (χ2n) is 9.37. The van der Waals surface area contributed by atoms with Crippen LogP contribution < -0.4 is 4.74 Å². The van der Waals surface area contributed by atoms with E-state index in [2.05, 4.69) is 55.4 Å². The second kappa shape index (κ2) is 8.68. The molecule has 1 saturated carbocycles. The molecule has 0 atom stereocenters. The molecule has 3 aromatic carbocycles. The summed E-state index contributed by atoms with van der Waals surface area (Å²) < 4.78 is 6.03. The van der Waals surface area contributed by atoms with E-state index in [0.717, 1.165) is 34.7 Å². The first-order chi connectivity index (χ1) is 15.1. The highest BCUT2D eigenvalue weighted by molar-refractivity contribution is 6.30. The number of rotatable bonds is 6. The highest BCUT2D eigenvalue weighted by atomic mass is 35.5. The minimum atomic E-state index is 0.522. The molecule has 2 bridgehead atoms. The predicted molar refractivity (Wildman–Crippen MR) is 131 cm³/mol. The number of likely N-dealkylation sites (N-methyl/N-ethyl adjacent to an activating group) is 1. The molecule has 1 fully saturated rings. The Morgan fingerprint density at radius 3 is 2.39 bits per heavy atom. The smallest absolute Gasteiger partial charge is 0.120 e. The molecule has 3 aliphatic carbocycles. The van der Waals surface area contributed by atoms with Gasteiger partial charge < -0.3 is 9.64 Å². The highest BCUT2D eigenvalue weighted by Crippen LogP contribution is 2.49. The summed E-state index contributed by atoms with van der Waals surface area (Å²) in [6, 6.07) is 21.2. The molecule has 2 nitrogen and oxygen atoms in total. The first-order valence-corrected chi connectivity index (χ1v) is 11.7. The number of benzene rings is 3. The molecule has 160 valence electrons. The molecule has 3 aromatic rings. The molecule has 0 heterocycles. The van der Waals surface area contributed by atoms with Crippen molar-refractivity contribution in [3.8, 4) is 5.75 Å². The van der Waals surface area contributed by atoms with Crippen LogP contribution in [0.2, 0.25) is 5.02 Å². The quantitative estimate of drug-likeness (QED) is 0.409. The van der Waals surface area contributed by atoms with Crippen molar-refractivity contribution in [3.05, 3.63) is 82.4 Å². The molecule has 31 heavy (non-hydrogen) atoms. The second-order valence-corrected chi connectivity index (χ2v) is 9.80. The summed E-state index contributed by atoms with van der Waals surface area (Å²) in [6.07, 6.45) is 5.45. The standard InChI is InChI=1S/C28H30ClNO/c1-30(2)17-27-20-6-8-21(9-7-20)28(27)24-11-10-23-16-26(13-12-22(23)15-24)31-18-19-4-3-5-25(29)14-19/h3-5,10-16,20-21H,6-9,17-18H2,1-2H3. The average Bonchev–Trinajstić information content (AvgIpc) is 2.78. The van der Waals surface area contributed by atoms with Gasteiger partial charge in [0.1, 0.15) is 12.4 Å². The molecule has 3 aliphatic rings. The Morgan fingerprint density at radius 2 is 1.61 bits per heavy atom. The van der Waals surface area contributed by atoms with Gasteiger partial charge in [-0.15, -0.1) is 0 Å². The van der Waals surface area contributed by atoms with E-state index in [0.29, 0.717) is 6.61 Å². The third-order valence-corrected chi connectivity index (χ3v) is 7.11. The summed E-state index contributed by atoms with van der Waals surface area (Å²) in [5, 5.41) is 3.25. The summed E-state index contributed by atoms with van der Waals surface area (Å²) in [4.78, 5) is 2.33. The SMILES string of the molecule is CN(C)CC1=C(c2ccc3cc(OCc4cccc(Cl)c4)ccc3c2)C2CCC1CC2. The number of ether oxygens (including phenoxy) is 1. The van der Waals surface area contributed by atoms with Crippen molar-refractivity contribution in [1.29, 1.82) is 0 Å². The summed E-state index contributed by atoms with van der Waals surface area (Å²) >= 11 is 6.08. The summed E-state index contributed by atoms with van der Waals surface area (Å²) in [5.74, 6) is 2.41. The summed E-state index contributed by atoms with van der Waals surface area (Å²) in [6.45, 7) is 1.61. The number of hydrogen-bond acceptors (Lipinski definition) is 2. The molecule has 0 radical (unpaired) electrons. The van der Waals surface area contributed by atoms with Gasteiger partial charge in [0.15, 0.2) is 0 Å². The van der Waals surface area contributed by atoms with Gasteiger partial charge >= 0.3 is 0 Å². The van der Waals surface area contributed by atoms with E-state index < -0.39 is 0 Å². The molecule has 3 heteroatoms. The minimum absolute atomic E-state index is 0.522. The van der Waals surface area contributed by atoms with Gasteiger partial charge in [-0.2, -0.15) is 0 Å². The summed E-state index contributed by atoms with van der Waals surface area (Å²) in [7, 11) is 4.39. The molecular formula is C28H30ClNO. The Balaban J connectivity index is 1.42. The zero-order chi connectivity index (χ0) is 21.4. The number of allylic oxidation sites excluding steroid dienone is 1. The molecule has 0 N–H and O–H groups in total. The number of nitrogens with zero attached hydrogens (tertiary/aromatic N) is 1. The Bertz CT molecular complexity index is 1120. The van der Waals surface area contributed by atoms with Gasteiger partial charge in [-0.3, -0.25) is 0 Å². The third kappa shape index (κ3) is 4.37. The van der Waals surface area contributed by atoms with Crippen LogP contribution in [0, 0.1) is 11.8 Å². The van der Waals surface area contributed by atoms with Crippen LogP contribution >= 0.6 is 11.6 Å². The van der Waals surface area contributed by atoms with E-state index in [4.69, 9.17) is 16.3 Å². The molecular weight excluding hydrogens is 402 g/mol. The van der Waals surface area contributed by atoms with Crippen LogP contribution in [-0.4, -0.2) is 25.5 Å². The molecule has 0 aromatic heterocycles. The maximum absolute atomic E-state index is 6.08. The van der Waals surface area contributed by atoms with E-state index in [1.165, 1.54) is 42.0 Å². The molecule has 0 unspecified atom stereocenters. The third-order valence-electron chi connectivity index (χ3n) is 6.88. The van der Waals surface area contributed by atoms with Crippen molar-refractivity contribution in [2.24, 2.45) is 11.8 Å². The van der Waals surface area contributed by atoms with Gasteiger partial charge in [0.05, 0.1) is 0 Å². The van der Waals surface area contributed by atoms with Crippen LogP contribution in [-0.2, 0) is 6.61 Å². The molecule has 6 rings (SSSR count). The van der Waals surface area contributed by atoms with Gasteiger partial charge in [0.2, 0.25) is 0 Å². The Morgan fingerprint density at radius 1 is 0.871 bits per heavy atom. The molecule has 0 amide bonds. The van der Waals surface area contributed by atoms with E-state index in [1.807, 2.05) is 24.3 Å². The Labute approximate surface area is 190 Å². The van der Waals surface area contributed by atoms with Crippen molar-refractivity contribution in [2.75, 3.05) is 20.6 Å². The number of hydrogen-bond donors (Lipinski definition) is 0. The molecule has 0 aliphatic heterocycles. The topological polar surface area (TPSA) is 12.5 Å². The fraction of sp³-hybridized carbons (Fsp3) is 0.357. The van der Waals surface area contributed by atoms with E-state index in [9.17, 15) is 0 Å².